The fourth-order valence-electron chi connectivity index (χ4n) is 6.17. The zero-order chi connectivity index (χ0) is 27.6. The minimum absolute atomic E-state index is 0.0990. The molecule has 0 aliphatic heterocycles. The number of anilines is 1. The van der Waals surface area contributed by atoms with E-state index in [1.54, 1.807) is 7.11 Å². The number of allylic oxidation sites excluding steroid dienone is 1. The molecule has 2 aromatic rings. The number of amides is 1. The molecule has 2 aliphatic carbocycles. The number of carbonyl (C=O) groups excluding carboxylic acids is 1. The maximum atomic E-state index is 13.9. The summed E-state index contributed by atoms with van der Waals surface area (Å²) < 4.78 is 5.32. The van der Waals surface area contributed by atoms with Crippen LogP contribution in [0, 0.1) is 28.6 Å². The van der Waals surface area contributed by atoms with Gasteiger partial charge in [0.05, 0.1) is 12.7 Å². The van der Waals surface area contributed by atoms with E-state index in [1.165, 1.54) is 18.2 Å². The van der Waals surface area contributed by atoms with Crippen LogP contribution in [-0.4, -0.2) is 32.3 Å². The molecule has 2 N–H and O–H groups in total. The van der Waals surface area contributed by atoms with Crippen molar-refractivity contribution >= 4 is 23.4 Å². The number of methoxy groups -OCH3 is 1. The van der Waals surface area contributed by atoms with E-state index in [1.807, 2.05) is 43.5 Å². The first-order valence-electron chi connectivity index (χ1n) is 14.5. The molecule has 0 unspecified atom stereocenters. The third-order valence-electron chi connectivity index (χ3n) is 8.43. The van der Waals surface area contributed by atoms with E-state index in [0.29, 0.717) is 23.1 Å². The number of rotatable bonds is 10. The Balaban J connectivity index is 1.52. The molecule has 39 heavy (non-hydrogen) atoms. The van der Waals surface area contributed by atoms with Crippen LogP contribution in [0.5, 0.6) is 5.75 Å². The van der Waals surface area contributed by atoms with E-state index in [0.717, 1.165) is 81.3 Å². The Morgan fingerprint density at radius 1 is 1.10 bits per heavy atom. The molecule has 1 amide bonds. The van der Waals surface area contributed by atoms with E-state index < -0.39 is 0 Å². The summed E-state index contributed by atoms with van der Waals surface area (Å²) in [7, 11) is 1.60. The number of benzene rings is 2. The quantitative estimate of drug-likeness (QED) is 0.325. The van der Waals surface area contributed by atoms with E-state index in [4.69, 9.17) is 10.1 Å². The van der Waals surface area contributed by atoms with Crippen LogP contribution >= 0.6 is 0 Å². The fourth-order valence-corrected chi connectivity index (χ4v) is 6.17. The largest absolute Gasteiger partial charge is 0.495 e. The standard InChI is InChI=1S/C33H42N4O2/c1-3-36-22-30(21-35)27-10-7-11-31(19-27)37(33(38)26-8-5-4-6-9-26)23-24-12-14-25(15-13-24)28-16-17-32(39-2)29(18-28)20-34/h7,10-11,16-19,21-22,24-26,35-36H,3-6,8-9,12-15,23H2,1-2H3/b30-22+,35-21?. The maximum Gasteiger partial charge on any atom is 0.230 e. The van der Waals surface area contributed by atoms with Crippen LogP contribution in [0.3, 0.4) is 0 Å². The van der Waals surface area contributed by atoms with Gasteiger partial charge in [0.2, 0.25) is 5.91 Å². The van der Waals surface area contributed by atoms with Gasteiger partial charge in [-0.15, -0.1) is 0 Å². The summed E-state index contributed by atoms with van der Waals surface area (Å²) >= 11 is 0. The van der Waals surface area contributed by atoms with Crippen molar-refractivity contribution in [1.82, 2.24) is 5.32 Å². The van der Waals surface area contributed by atoms with Crippen LogP contribution in [0.15, 0.2) is 48.7 Å². The molecule has 0 bridgehead atoms. The molecule has 2 fully saturated rings. The highest BCUT2D eigenvalue weighted by Gasteiger charge is 2.31. The van der Waals surface area contributed by atoms with Crippen LogP contribution < -0.4 is 15.0 Å². The minimum atomic E-state index is 0.0990. The zero-order valence-corrected chi connectivity index (χ0v) is 23.4. The molecule has 0 aromatic heterocycles. The Labute approximate surface area is 233 Å². The molecule has 0 saturated heterocycles. The zero-order valence-electron chi connectivity index (χ0n) is 23.4. The van der Waals surface area contributed by atoms with E-state index in [2.05, 4.69) is 28.4 Å². The highest BCUT2D eigenvalue weighted by atomic mass is 16.5. The smallest absolute Gasteiger partial charge is 0.230 e. The number of nitrogens with zero attached hydrogens (tertiary/aromatic N) is 2. The van der Waals surface area contributed by atoms with Gasteiger partial charge < -0.3 is 20.4 Å². The summed E-state index contributed by atoms with van der Waals surface area (Å²) in [4.78, 5) is 16.0. The molecule has 2 saturated carbocycles. The highest BCUT2D eigenvalue weighted by molar-refractivity contribution is 6.08. The van der Waals surface area contributed by atoms with E-state index in [-0.39, 0.29) is 11.8 Å². The predicted molar refractivity (Wildman–Crippen MR) is 158 cm³/mol. The number of hydrogen-bond donors (Lipinski definition) is 2. The normalized spacial score (nSPS) is 20.1. The van der Waals surface area contributed by atoms with Gasteiger partial charge in [-0.25, -0.2) is 0 Å². The second kappa shape index (κ2) is 14.0. The lowest BCUT2D eigenvalue weighted by molar-refractivity contribution is -0.123. The molecule has 0 spiro atoms. The van der Waals surface area contributed by atoms with Crippen molar-refractivity contribution in [3.63, 3.8) is 0 Å². The molecule has 206 valence electrons. The molecular weight excluding hydrogens is 484 g/mol. The Kier molecular flexibility index (Phi) is 10.2. The first-order valence-corrected chi connectivity index (χ1v) is 14.5. The molecule has 2 aliphatic rings. The van der Waals surface area contributed by atoms with Gasteiger partial charge in [0, 0.05) is 42.7 Å². The van der Waals surface area contributed by atoms with Crippen LogP contribution in [-0.2, 0) is 4.79 Å². The molecule has 0 radical (unpaired) electrons. The third-order valence-corrected chi connectivity index (χ3v) is 8.43. The van der Waals surface area contributed by atoms with Gasteiger partial charge in [-0.3, -0.25) is 4.79 Å². The summed E-state index contributed by atoms with van der Waals surface area (Å²) in [6.45, 7) is 3.56. The van der Waals surface area contributed by atoms with Crippen molar-refractivity contribution in [3.05, 3.63) is 65.4 Å². The van der Waals surface area contributed by atoms with Crippen LogP contribution in [0.2, 0.25) is 0 Å². The lowest BCUT2D eigenvalue weighted by Crippen LogP contribution is -2.41. The predicted octanol–water partition coefficient (Wildman–Crippen LogP) is 7.05. The Bertz CT molecular complexity index is 1200. The van der Waals surface area contributed by atoms with Gasteiger partial charge >= 0.3 is 0 Å². The molecule has 2 aromatic carbocycles. The molecule has 6 nitrogen and oxygen atoms in total. The van der Waals surface area contributed by atoms with Crippen LogP contribution in [0.1, 0.15) is 87.3 Å². The maximum absolute atomic E-state index is 13.9. The highest BCUT2D eigenvalue weighted by Crippen LogP contribution is 2.38. The van der Waals surface area contributed by atoms with Gasteiger partial charge in [0.1, 0.15) is 11.8 Å². The van der Waals surface area contributed by atoms with Crippen molar-refractivity contribution in [2.24, 2.45) is 11.8 Å². The summed E-state index contributed by atoms with van der Waals surface area (Å²) in [5, 5.41) is 20.6. The van der Waals surface area contributed by atoms with Crippen molar-refractivity contribution in [2.45, 2.75) is 70.6 Å². The summed E-state index contributed by atoms with van der Waals surface area (Å²) in [6, 6.07) is 16.4. The molecule has 6 heteroatoms. The molecule has 4 rings (SSSR count). The van der Waals surface area contributed by atoms with E-state index >= 15 is 0 Å². The lowest BCUT2D eigenvalue weighted by Gasteiger charge is -2.35. The monoisotopic (exact) mass is 526 g/mol. The summed E-state index contributed by atoms with van der Waals surface area (Å²) in [5.74, 6) is 1.85. The van der Waals surface area contributed by atoms with Gasteiger partial charge in [-0.2, -0.15) is 5.26 Å². The first-order chi connectivity index (χ1) is 19.1. The number of nitriles is 1. The summed E-state index contributed by atoms with van der Waals surface area (Å²) in [5.41, 5.74) is 4.49. The third kappa shape index (κ3) is 7.09. The fraction of sp³-hybridized carbons (Fsp3) is 0.485. The lowest BCUT2D eigenvalue weighted by atomic mass is 9.78. The summed E-state index contributed by atoms with van der Waals surface area (Å²) in [6.07, 6.45) is 12.9. The average Bonchev–Trinajstić information content (AvgIpc) is 3.00. The first kappa shape index (κ1) is 28.4. The molecular formula is C33H42N4O2. The van der Waals surface area contributed by atoms with Gasteiger partial charge in [-0.1, -0.05) is 37.5 Å². The van der Waals surface area contributed by atoms with Crippen molar-refractivity contribution < 1.29 is 9.53 Å². The second-order valence-corrected chi connectivity index (χ2v) is 10.9. The Morgan fingerprint density at radius 3 is 2.54 bits per heavy atom. The number of nitrogens with one attached hydrogen (secondary N) is 2. The number of ether oxygens (including phenoxy) is 1. The average molecular weight is 527 g/mol. The van der Waals surface area contributed by atoms with Crippen molar-refractivity contribution in [2.75, 3.05) is 25.1 Å². The SMILES string of the molecule is CCN/C=C(\C=N)c1cccc(N(CC2CCC(c3ccc(OC)c(C#N)c3)CC2)C(=O)C2CCCCC2)c1. The van der Waals surface area contributed by atoms with Crippen molar-refractivity contribution in [1.29, 1.82) is 10.7 Å². The van der Waals surface area contributed by atoms with E-state index in [9.17, 15) is 10.1 Å². The second-order valence-electron chi connectivity index (χ2n) is 10.9. The van der Waals surface area contributed by atoms with Gasteiger partial charge in [0.15, 0.2) is 0 Å². The van der Waals surface area contributed by atoms with Gasteiger partial charge in [0.25, 0.3) is 0 Å². The Morgan fingerprint density at radius 2 is 1.87 bits per heavy atom. The van der Waals surface area contributed by atoms with Crippen molar-refractivity contribution in [3.8, 4) is 11.8 Å². The van der Waals surface area contributed by atoms with Crippen LogP contribution in [0.25, 0.3) is 5.57 Å². The molecule has 0 heterocycles. The van der Waals surface area contributed by atoms with Crippen LogP contribution in [0.4, 0.5) is 5.69 Å². The topological polar surface area (TPSA) is 89.2 Å². The van der Waals surface area contributed by atoms with Gasteiger partial charge in [-0.05, 0) is 92.7 Å². The number of hydrogen-bond acceptors (Lipinski definition) is 5. The Hall–Kier alpha value is -3.59. The molecule has 0 atom stereocenters. The minimum Gasteiger partial charge on any atom is -0.495 e. The number of carbonyl (C=O) groups is 1.